The van der Waals surface area contributed by atoms with Crippen LogP contribution in [0.25, 0.3) is 138 Å². The number of hydrogen-bond acceptors (Lipinski definition) is 2. The molecule has 0 fully saturated rings. The summed E-state index contributed by atoms with van der Waals surface area (Å²) in [6, 6.07) is 94.2. The van der Waals surface area contributed by atoms with Gasteiger partial charge in [-0.3, -0.25) is 0 Å². The van der Waals surface area contributed by atoms with Crippen molar-refractivity contribution < 1.29 is 0 Å². The second kappa shape index (κ2) is 16.7. The maximum atomic E-state index is 5.31. The van der Waals surface area contributed by atoms with Gasteiger partial charge in [-0.25, -0.2) is 9.97 Å². The fourth-order valence-electron chi connectivity index (χ4n) is 11.2. The average molecular weight is 902 g/mol. The lowest BCUT2D eigenvalue weighted by Crippen LogP contribution is -2.00. The summed E-state index contributed by atoms with van der Waals surface area (Å²) in [4.78, 5) is 10.6. The Kier molecular flexibility index (Phi) is 9.53. The van der Waals surface area contributed by atoms with E-state index in [4.69, 9.17) is 9.97 Å². The molecule has 0 atom stereocenters. The summed E-state index contributed by atoms with van der Waals surface area (Å²) in [7, 11) is 0. The van der Waals surface area contributed by atoms with Gasteiger partial charge in [0.05, 0.1) is 28.1 Å². The lowest BCUT2D eigenvalue weighted by Gasteiger charge is -2.21. The Balaban J connectivity index is 0.915. The summed E-state index contributed by atoms with van der Waals surface area (Å²) < 4.78 is 2.38. The topological polar surface area (TPSA) is 30.7 Å². The van der Waals surface area contributed by atoms with E-state index < -0.39 is 0 Å². The smallest absolute Gasteiger partial charge is 0.160 e. The number of benzene rings is 12. The van der Waals surface area contributed by atoms with E-state index in [0.717, 1.165) is 50.4 Å². The third-order valence-corrected chi connectivity index (χ3v) is 14.4. The number of nitrogens with zero attached hydrogens (tertiary/aromatic N) is 3. The van der Waals surface area contributed by atoms with Crippen molar-refractivity contribution in [2.45, 2.75) is 0 Å². The van der Waals surface area contributed by atoms with Gasteiger partial charge in [0, 0.05) is 27.5 Å². The van der Waals surface area contributed by atoms with Gasteiger partial charge in [0.2, 0.25) is 0 Å². The molecule has 0 saturated heterocycles. The molecule has 0 aliphatic carbocycles. The fourth-order valence-corrected chi connectivity index (χ4v) is 11.2. The lowest BCUT2D eigenvalue weighted by atomic mass is 9.82. The molecule has 3 nitrogen and oxygen atoms in total. The monoisotopic (exact) mass is 901 g/mol. The SMILES string of the molecule is c1ccc(-c2nc(-c3ccc(-c4ccc(-c5c6ccccc6c(-c6ccccc6)c6c5ccc5ccccc56)c5ccccc45)cc3)cc(-c3ccccc3-n3c4ccccc4c4ccccc43)n2)cc1. The Morgan fingerprint density at radius 1 is 0.268 bits per heavy atom. The zero-order valence-electron chi connectivity index (χ0n) is 38.7. The van der Waals surface area contributed by atoms with Crippen LogP contribution in [0.5, 0.6) is 0 Å². The third-order valence-electron chi connectivity index (χ3n) is 14.4. The highest BCUT2D eigenvalue weighted by molar-refractivity contribution is 6.29. The van der Waals surface area contributed by atoms with Gasteiger partial charge in [-0.1, -0.05) is 237 Å². The van der Waals surface area contributed by atoms with Crippen molar-refractivity contribution in [3.63, 3.8) is 0 Å². The predicted molar refractivity (Wildman–Crippen MR) is 299 cm³/mol. The van der Waals surface area contributed by atoms with Crippen LogP contribution in [0.2, 0.25) is 0 Å². The molecule has 0 aliphatic heterocycles. The van der Waals surface area contributed by atoms with E-state index >= 15 is 0 Å². The van der Waals surface area contributed by atoms with Gasteiger partial charge in [0.15, 0.2) is 5.82 Å². The van der Waals surface area contributed by atoms with Crippen molar-refractivity contribution in [1.82, 2.24) is 14.5 Å². The first-order valence-electron chi connectivity index (χ1n) is 24.3. The molecule has 0 aliphatic rings. The Morgan fingerprint density at radius 2 is 0.775 bits per heavy atom. The minimum absolute atomic E-state index is 0.686. The lowest BCUT2D eigenvalue weighted by molar-refractivity contribution is 1.15. The fraction of sp³-hybridized carbons (Fsp3) is 0. The number of rotatable bonds is 7. The summed E-state index contributed by atoms with van der Waals surface area (Å²) in [5.41, 5.74) is 15.4. The number of para-hydroxylation sites is 3. The molecular weight excluding hydrogens is 859 g/mol. The summed E-state index contributed by atoms with van der Waals surface area (Å²) in [6.07, 6.45) is 0. The predicted octanol–water partition coefficient (Wildman–Crippen LogP) is 18.2. The van der Waals surface area contributed by atoms with Gasteiger partial charge in [0.25, 0.3) is 0 Å². The minimum atomic E-state index is 0.686. The normalized spacial score (nSPS) is 11.7. The number of aromatic nitrogens is 3. The van der Waals surface area contributed by atoms with Crippen LogP contribution in [0.3, 0.4) is 0 Å². The van der Waals surface area contributed by atoms with Gasteiger partial charge in [-0.15, -0.1) is 0 Å². The van der Waals surface area contributed by atoms with Gasteiger partial charge in [-0.2, -0.15) is 0 Å². The Labute approximate surface area is 411 Å². The summed E-state index contributed by atoms with van der Waals surface area (Å²) in [6.45, 7) is 0. The minimum Gasteiger partial charge on any atom is -0.309 e. The van der Waals surface area contributed by atoms with Crippen molar-refractivity contribution in [2.24, 2.45) is 0 Å². The highest BCUT2D eigenvalue weighted by Crippen LogP contribution is 2.48. The molecule has 3 heteroatoms. The van der Waals surface area contributed by atoms with Crippen LogP contribution in [0.15, 0.2) is 261 Å². The first-order chi connectivity index (χ1) is 35.2. The molecule has 2 aromatic heterocycles. The van der Waals surface area contributed by atoms with Gasteiger partial charge >= 0.3 is 0 Å². The molecular formula is C68H43N3. The van der Waals surface area contributed by atoms with Crippen LogP contribution >= 0.6 is 0 Å². The molecule has 0 unspecified atom stereocenters. The first-order valence-corrected chi connectivity index (χ1v) is 24.3. The largest absolute Gasteiger partial charge is 0.309 e. The van der Waals surface area contributed by atoms with Crippen LogP contribution in [-0.2, 0) is 0 Å². The second-order valence-corrected chi connectivity index (χ2v) is 18.4. The molecule has 14 rings (SSSR count). The van der Waals surface area contributed by atoms with Gasteiger partial charge in [0.1, 0.15) is 0 Å². The molecule has 0 spiro atoms. The molecule has 14 aromatic rings. The molecule has 2 heterocycles. The second-order valence-electron chi connectivity index (χ2n) is 18.4. The maximum absolute atomic E-state index is 5.31. The Bertz CT molecular complexity index is 4330. The Hall–Kier alpha value is -9.44. The van der Waals surface area contributed by atoms with Crippen LogP contribution in [0.1, 0.15) is 0 Å². The zero-order valence-corrected chi connectivity index (χ0v) is 38.7. The molecule has 330 valence electrons. The molecule has 0 radical (unpaired) electrons. The standard InChI is InChI=1S/C68H43N3/c1-3-20-47(21-4-1)65-55-29-11-12-30-56(55)66(59-40-39-44-19-7-8-24-50(44)67(59)65)57-42-41-49(51-25-9-10-26-52(51)57)45-35-37-46(38-36-45)60-43-61(70-68(69-60)48-22-5-2-6-23-48)58-31-15-18-34-64(58)71-62-32-16-13-27-53(62)54-28-14-17-33-63(54)71/h1-43H. The molecule has 12 aromatic carbocycles. The highest BCUT2D eigenvalue weighted by Gasteiger charge is 2.22. The van der Waals surface area contributed by atoms with Crippen molar-refractivity contribution in [3.8, 4) is 73.0 Å². The number of fused-ring (bicyclic) bond motifs is 8. The molecule has 0 N–H and O–H groups in total. The third kappa shape index (κ3) is 6.66. The van der Waals surface area contributed by atoms with Crippen molar-refractivity contribution in [2.75, 3.05) is 0 Å². The average Bonchev–Trinajstić information content (AvgIpc) is 3.79. The van der Waals surface area contributed by atoms with E-state index in [-0.39, 0.29) is 0 Å². The molecule has 0 bridgehead atoms. The molecule has 71 heavy (non-hydrogen) atoms. The van der Waals surface area contributed by atoms with Crippen molar-refractivity contribution >= 4 is 64.9 Å². The first kappa shape index (κ1) is 40.6. The molecule has 0 saturated carbocycles. The summed E-state index contributed by atoms with van der Waals surface area (Å²) in [5, 5.41) is 12.4. The Morgan fingerprint density at radius 3 is 1.48 bits per heavy atom. The van der Waals surface area contributed by atoms with Crippen molar-refractivity contribution in [3.05, 3.63) is 261 Å². The summed E-state index contributed by atoms with van der Waals surface area (Å²) in [5.74, 6) is 0.686. The zero-order chi connectivity index (χ0) is 46.8. The van der Waals surface area contributed by atoms with E-state index in [2.05, 4.69) is 247 Å². The van der Waals surface area contributed by atoms with Crippen LogP contribution in [-0.4, -0.2) is 14.5 Å². The van der Waals surface area contributed by atoms with E-state index in [1.807, 2.05) is 18.2 Å². The van der Waals surface area contributed by atoms with E-state index in [9.17, 15) is 0 Å². The van der Waals surface area contributed by atoms with Crippen LogP contribution in [0, 0.1) is 0 Å². The number of hydrogen-bond donors (Lipinski definition) is 0. The van der Waals surface area contributed by atoms with Gasteiger partial charge in [-0.05, 0) is 101 Å². The quantitative estimate of drug-likeness (QED) is 0.118. The van der Waals surface area contributed by atoms with E-state index in [1.165, 1.54) is 81.7 Å². The summed E-state index contributed by atoms with van der Waals surface area (Å²) >= 11 is 0. The van der Waals surface area contributed by atoms with Crippen LogP contribution < -0.4 is 0 Å². The highest BCUT2D eigenvalue weighted by atomic mass is 15.0. The van der Waals surface area contributed by atoms with Crippen LogP contribution in [0.4, 0.5) is 0 Å². The van der Waals surface area contributed by atoms with E-state index in [1.54, 1.807) is 0 Å². The maximum Gasteiger partial charge on any atom is 0.160 e. The molecule has 0 amide bonds. The van der Waals surface area contributed by atoms with Crippen molar-refractivity contribution in [1.29, 1.82) is 0 Å². The van der Waals surface area contributed by atoms with E-state index in [0.29, 0.717) is 5.82 Å². The van der Waals surface area contributed by atoms with Gasteiger partial charge < -0.3 is 4.57 Å².